The van der Waals surface area contributed by atoms with Crippen LogP contribution < -0.4 is 14.2 Å². The van der Waals surface area contributed by atoms with Gasteiger partial charge in [0.15, 0.2) is 0 Å². The van der Waals surface area contributed by atoms with Crippen LogP contribution in [0.3, 0.4) is 0 Å². The number of aryl methyl sites for hydroxylation is 1. The fourth-order valence-corrected chi connectivity index (χ4v) is 6.05. The number of ether oxygens (including phenoxy) is 2. The van der Waals surface area contributed by atoms with Crippen LogP contribution in [0.5, 0.6) is 11.5 Å². The number of benzene rings is 2. The molecule has 2 aromatic carbocycles. The highest BCUT2D eigenvalue weighted by Gasteiger charge is 2.47. The van der Waals surface area contributed by atoms with Crippen LogP contribution in [-0.4, -0.2) is 39.4 Å². The third-order valence-corrected chi connectivity index (χ3v) is 7.97. The topological polar surface area (TPSA) is 102 Å². The average molecular weight is 473 g/mol. The van der Waals surface area contributed by atoms with Crippen molar-refractivity contribution in [3.8, 4) is 11.5 Å². The fraction of sp³-hybridized carbons (Fsp3) is 0.417. The number of carbonyl (C=O) groups is 2. The van der Waals surface area contributed by atoms with E-state index in [0.717, 1.165) is 25.7 Å². The van der Waals surface area contributed by atoms with Crippen LogP contribution in [-0.2, 0) is 26.2 Å². The van der Waals surface area contributed by atoms with Gasteiger partial charge in [0.1, 0.15) is 11.5 Å². The molecule has 2 aliphatic rings. The summed E-state index contributed by atoms with van der Waals surface area (Å²) >= 11 is 0. The Kier molecular flexibility index (Phi) is 6.34. The maximum absolute atomic E-state index is 13.3. The molecule has 9 heteroatoms. The molecule has 0 aromatic heterocycles. The van der Waals surface area contributed by atoms with Crippen molar-refractivity contribution in [2.75, 3.05) is 18.9 Å². The van der Waals surface area contributed by atoms with E-state index in [4.69, 9.17) is 9.47 Å². The van der Waals surface area contributed by atoms with Crippen LogP contribution in [0.4, 0.5) is 5.69 Å². The molecule has 2 aromatic rings. The van der Waals surface area contributed by atoms with E-state index in [0.29, 0.717) is 22.6 Å². The summed E-state index contributed by atoms with van der Waals surface area (Å²) in [7, 11) is -1.04. The van der Waals surface area contributed by atoms with Crippen molar-refractivity contribution in [1.82, 2.24) is 4.90 Å². The molecule has 8 nitrogen and oxygen atoms in total. The van der Waals surface area contributed by atoms with Crippen molar-refractivity contribution in [2.45, 2.75) is 44.0 Å². The molecular weight excluding hydrogens is 444 g/mol. The molecule has 1 N–H and O–H groups in total. The van der Waals surface area contributed by atoms with Gasteiger partial charge in [-0.3, -0.25) is 19.2 Å². The molecule has 1 heterocycles. The Morgan fingerprint density at radius 3 is 2.24 bits per heavy atom. The predicted molar refractivity (Wildman–Crippen MR) is 123 cm³/mol. The van der Waals surface area contributed by atoms with Crippen LogP contribution in [0.25, 0.3) is 0 Å². The van der Waals surface area contributed by atoms with Crippen molar-refractivity contribution < 1.29 is 27.5 Å². The third kappa shape index (κ3) is 4.42. The normalized spacial score (nSPS) is 20.5. The van der Waals surface area contributed by atoms with Gasteiger partial charge in [0, 0.05) is 6.07 Å². The first-order valence-corrected chi connectivity index (χ1v) is 12.4. The number of rotatable bonds is 7. The van der Waals surface area contributed by atoms with Crippen molar-refractivity contribution in [3.05, 3.63) is 47.5 Å². The number of nitrogens with zero attached hydrogens (tertiary/aromatic N) is 1. The predicted octanol–water partition coefficient (Wildman–Crippen LogP) is 3.49. The molecule has 4 rings (SSSR count). The number of likely N-dealkylation sites (tertiary alicyclic amines) is 1. The number of carbonyl (C=O) groups excluding carboxylic acids is 2. The average Bonchev–Trinajstić information content (AvgIpc) is 3.04. The number of methoxy groups -OCH3 is 2. The maximum atomic E-state index is 13.3. The zero-order valence-electron chi connectivity index (χ0n) is 19.0. The summed E-state index contributed by atoms with van der Waals surface area (Å²) in [6.07, 6.45) is 3.40. The molecular formula is C24H28N2O6S. The summed E-state index contributed by atoms with van der Waals surface area (Å²) in [5, 5.41) is 0. The summed E-state index contributed by atoms with van der Waals surface area (Å²) in [5.74, 6) is 0.0718. The van der Waals surface area contributed by atoms with Gasteiger partial charge >= 0.3 is 0 Å². The molecule has 2 fully saturated rings. The van der Waals surface area contributed by atoms with Crippen molar-refractivity contribution in [2.24, 2.45) is 11.8 Å². The van der Waals surface area contributed by atoms with Crippen LogP contribution in [0, 0.1) is 18.8 Å². The first-order chi connectivity index (χ1) is 15.7. The molecule has 0 unspecified atom stereocenters. The highest BCUT2D eigenvalue weighted by atomic mass is 32.2. The second-order valence-electron chi connectivity index (χ2n) is 8.53. The molecule has 0 radical (unpaired) electrons. The number of amides is 2. The van der Waals surface area contributed by atoms with E-state index in [1.165, 1.54) is 25.2 Å². The van der Waals surface area contributed by atoms with Crippen LogP contribution in [0.2, 0.25) is 0 Å². The molecule has 2 amide bonds. The molecule has 33 heavy (non-hydrogen) atoms. The van der Waals surface area contributed by atoms with E-state index in [1.54, 1.807) is 37.3 Å². The lowest BCUT2D eigenvalue weighted by Gasteiger charge is -2.19. The van der Waals surface area contributed by atoms with E-state index < -0.39 is 10.0 Å². The summed E-state index contributed by atoms with van der Waals surface area (Å²) in [6.45, 7) is 1.76. The number of imide groups is 1. The summed E-state index contributed by atoms with van der Waals surface area (Å²) in [6, 6.07) is 9.79. The number of anilines is 1. The lowest BCUT2D eigenvalue weighted by atomic mass is 9.81. The Labute approximate surface area is 193 Å². The minimum Gasteiger partial charge on any atom is -0.497 e. The van der Waals surface area contributed by atoms with Gasteiger partial charge in [-0.15, -0.1) is 0 Å². The van der Waals surface area contributed by atoms with Gasteiger partial charge < -0.3 is 9.47 Å². The second kappa shape index (κ2) is 9.05. The largest absolute Gasteiger partial charge is 0.497 e. The van der Waals surface area contributed by atoms with Gasteiger partial charge in [-0.1, -0.05) is 25.0 Å². The zero-order chi connectivity index (χ0) is 23.8. The summed E-state index contributed by atoms with van der Waals surface area (Å²) < 4.78 is 39.6. The standard InChI is InChI=1S/C24H28N2O6S/c1-15-8-9-16(14-26-23(27)18-6-4-5-7-19(18)24(26)28)12-22(15)33(29,30)25-20-13-17(31-2)10-11-21(20)32-3/h8-13,18-19,25H,4-7,14H2,1-3H3/t18-,19+. The van der Waals surface area contributed by atoms with E-state index in [-0.39, 0.29) is 40.8 Å². The monoisotopic (exact) mass is 472 g/mol. The number of sulfonamides is 1. The molecule has 1 aliphatic heterocycles. The third-order valence-electron chi connectivity index (χ3n) is 6.47. The van der Waals surface area contributed by atoms with Gasteiger partial charge in [-0.2, -0.15) is 0 Å². The highest BCUT2D eigenvalue weighted by Crippen LogP contribution is 2.39. The minimum absolute atomic E-state index is 0.0654. The van der Waals surface area contributed by atoms with Gasteiger partial charge in [0.05, 0.1) is 43.2 Å². The van der Waals surface area contributed by atoms with E-state index in [1.807, 2.05) is 0 Å². The Bertz CT molecular complexity index is 1170. The lowest BCUT2D eigenvalue weighted by molar-refractivity contribution is -0.140. The molecule has 176 valence electrons. The Balaban J connectivity index is 1.61. The number of hydrogen-bond donors (Lipinski definition) is 1. The van der Waals surface area contributed by atoms with Crippen LogP contribution in [0.15, 0.2) is 41.3 Å². The van der Waals surface area contributed by atoms with E-state index in [2.05, 4.69) is 4.72 Å². The maximum Gasteiger partial charge on any atom is 0.262 e. The van der Waals surface area contributed by atoms with Crippen molar-refractivity contribution in [3.63, 3.8) is 0 Å². The van der Waals surface area contributed by atoms with Gasteiger partial charge in [0.25, 0.3) is 10.0 Å². The molecule has 1 aliphatic carbocycles. The molecule has 2 atom stereocenters. The number of fused-ring (bicyclic) bond motifs is 1. The van der Waals surface area contributed by atoms with Crippen LogP contribution >= 0.6 is 0 Å². The Hall–Kier alpha value is -3.07. The van der Waals surface area contributed by atoms with Crippen LogP contribution in [0.1, 0.15) is 36.8 Å². The first-order valence-electron chi connectivity index (χ1n) is 10.9. The van der Waals surface area contributed by atoms with E-state index in [9.17, 15) is 18.0 Å². The quantitative estimate of drug-likeness (QED) is 0.619. The minimum atomic E-state index is -3.98. The van der Waals surface area contributed by atoms with Crippen molar-refractivity contribution in [1.29, 1.82) is 0 Å². The Morgan fingerprint density at radius 2 is 1.64 bits per heavy atom. The smallest absolute Gasteiger partial charge is 0.262 e. The number of hydrogen-bond acceptors (Lipinski definition) is 6. The first kappa shape index (κ1) is 23.1. The lowest BCUT2D eigenvalue weighted by Crippen LogP contribution is -2.30. The highest BCUT2D eigenvalue weighted by molar-refractivity contribution is 7.92. The fourth-order valence-electron chi connectivity index (χ4n) is 4.70. The zero-order valence-corrected chi connectivity index (χ0v) is 19.8. The molecule has 1 saturated heterocycles. The SMILES string of the molecule is COc1ccc(OC)c(NS(=O)(=O)c2cc(CN3C(=O)[C@H]4CCCC[C@H]4C3=O)ccc2C)c1. The second-order valence-corrected chi connectivity index (χ2v) is 10.2. The molecule has 1 saturated carbocycles. The van der Waals surface area contributed by atoms with Crippen molar-refractivity contribution >= 4 is 27.5 Å². The van der Waals surface area contributed by atoms with Gasteiger partial charge in [0.2, 0.25) is 11.8 Å². The van der Waals surface area contributed by atoms with E-state index >= 15 is 0 Å². The summed E-state index contributed by atoms with van der Waals surface area (Å²) in [5.41, 5.74) is 1.37. The Morgan fingerprint density at radius 1 is 0.970 bits per heavy atom. The number of nitrogens with one attached hydrogen (secondary N) is 1. The van der Waals surface area contributed by atoms with Gasteiger partial charge in [-0.05, 0) is 49.1 Å². The molecule has 0 spiro atoms. The molecule has 0 bridgehead atoms. The van der Waals surface area contributed by atoms with Gasteiger partial charge in [-0.25, -0.2) is 8.42 Å². The summed E-state index contributed by atoms with van der Waals surface area (Å²) in [4.78, 5) is 27.0.